The van der Waals surface area contributed by atoms with Crippen LogP contribution >= 0.6 is 63.7 Å². The van der Waals surface area contributed by atoms with E-state index in [4.69, 9.17) is 0 Å². The molecule has 0 nitrogen and oxygen atoms in total. The number of hydrogen-bond donors (Lipinski definition) is 0. The van der Waals surface area contributed by atoms with Gasteiger partial charge < -0.3 is 0 Å². The van der Waals surface area contributed by atoms with Crippen molar-refractivity contribution in [1.29, 1.82) is 0 Å². The molecule has 0 aliphatic rings. The fraction of sp³-hybridized carbons (Fsp3) is 0.250. The van der Waals surface area contributed by atoms with E-state index in [2.05, 4.69) is 112 Å². The molecular formula is C16H16Br4. The van der Waals surface area contributed by atoms with Crippen LogP contribution in [0.5, 0.6) is 0 Å². The van der Waals surface area contributed by atoms with Crippen molar-refractivity contribution in [2.45, 2.75) is 21.3 Å². The van der Waals surface area contributed by atoms with Crippen molar-refractivity contribution in [1.82, 2.24) is 0 Å². The van der Waals surface area contributed by atoms with Gasteiger partial charge >= 0.3 is 0 Å². The summed E-state index contributed by atoms with van der Waals surface area (Å²) in [5.41, 5.74) is 5.32. The van der Waals surface area contributed by atoms with Gasteiger partial charge in [0.05, 0.1) is 0 Å². The Kier molecular flexibility index (Phi) is 10.1. The van der Waals surface area contributed by atoms with Crippen LogP contribution in [0.1, 0.15) is 22.3 Å². The number of benzene rings is 2. The Morgan fingerprint density at radius 2 is 0.750 bits per heavy atom. The lowest BCUT2D eigenvalue weighted by Crippen LogP contribution is -1.80. The first-order chi connectivity index (χ1) is 9.73. The van der Waals surface area contributed by atoms with Crippen molar-refractivity contribution in [2.24, 2.45) is 0 Å². The third-order valence-electron chi connectivity index (χ3n) is 2.60. The highest BCUT2D eigenvalue weighted by molar-refractivity contribution is 9.09. The van der Waals surface area contributed by atoms with Gasteiger partial charge in [0.25, 0.3) is 0 Å². The van der Waals surface area contributed by atoms with Crippen LogP contribution in [-0.4, -0.2) is 0 Å². The summed E-state index contributed by atoms with van der Waals surface area (Å²) in [5.74, 6) is 0. The van der Waals surface area contributed by atoms with Crippen LogP contribution in [0.15, 0.2) is 48.5 Å². The molecule has 0 heterocycles. The monoisotopic (exact) mass is 524 g/mol. The minimum absolute atomic E-state index is 0.938. The van der Waals surface area contributed by atoms with E-state index in [1.807, 2.05) is 0 Å². The number of halogens is 4. The molecule has 2 rings (SSSR count). The summed E-state index contributed by atoms with van der Waals surface area (Å²) in [4.78, 5) is 0. The molecule has 0 aliphatic carbocycles. The van der Waals surface area contributed by atoms with Gasteiger partial charge in [0.15, 0.2) is 0 Å². The summed E-state index contributed by atoms with van der Waals surface area (Å²) in [6.07, 6.45) is 0. The van der Waals surface area contributed by atoms with Gasteiger partial charge in [-0.3, -0.25) is 0 Å². The Bertz CT molecular complexity index is 425. The Labute approximate surface area is 154 Å². The van der Waals surface area contributed by atoms with E-state index >= 15 is 0 Å². The lowest BCUT2D eigenvalue weighted by atomic mass is 10.2. The maximum Gasteiger partial charge on any atom is 0.0283 e. The quantitative estimate of drug-likeness (QED) is 0.377. The average Bonchev–Trinajstić information content (AvgIpc) is 2.55. The molecule has 0 aliphatic heterocycles. The maximum atomic E-state index is 3.41. The molecule has 0 fully saturated rings. The lowest BCUT2D eigenvalue weighted by Gasteiger charge is -1.97. The minimum atomic E-state index is 0.938. The Balaban J connectivity index is 0.000000200. The van der Waals surface area contributed by atoms with E-state index in [-0.39, 0.29) is 0 Å². The Morgan fingerprint density at radius 1 is 0.500 bits per heavy atom. The summed E-state index contributed by atoms with van der Waals surface area (Å²) in [5, 5.41) is 3.75. The fourth-order valence-electron chi connectivity index (χ4n) is 1.59. The van der Waals surface area contributed by atoms with E-state index in [0.717, 1.165) is 21.3 Å². The molecular weight excluding hydrogens is 512 g/mol. The third-order valence-corrected chi connectivity index (χ3v) is 5.19. The Morgan fingerprint density at radius 3 is 0.950 bits per heavy atom. The first-order valence-electron chi connectivity index (χ1n) is 6.13. The molecule has 0 saturated heterocycles. The van der Waals surface area contributed by atoms with Crippen molar-refractivity contribution < 1.29 is 0 Å². The second-order valence-electron chi connectivity index (χ2n) is 4.17. The van der Waals surface area contributed by atoms with Crippen LogP contribution in [0.4, 0.5) is 0 Å². The van der Waals surface area contributed by atoms with Crippen molar-refractivity contribution in [3.05, 3.63) is 70.8 Å². The highest BCUT2D eigenvalue weighted by atomic mass is 79.9. The van der Waals surface area contributed by atoms with E-state index in [0.29, 0.717) is 0 Å². The summed E-state index contributed by atoms with van der Waals surface area (Å²) in [7, 11) is 0. The zero-order valence-corrected chi connectivity index (χ0v) is 17.3. The van der Waals surface area contributed by atoms with Gasteiger partial charge in [-0.2, -0.15) is 0 Å². The standard InChI is InChI=1S/2C8H8Br2/c2*9-5-7-2-1-3-8(4-7)6-10/h2*1-4H,5-6H2. The molecule has 0 spiro atoms. The average molecular weight is 528 g/mol. The highest BCUT2D eigenvalue weighted by Crippen LogP contribution is 2.11. The van der Waals surface area contributed by atoms with Gasteiger partial charge in [0, 0.05) is 21.3 Å². The summed E-state index contributed by atoms with van der Waals surface area (Å²) >= 11 is 13.6. The summed E-state index contributed by atoms with van der Waals surface area (Å²) in [6, 6.07) is 17.0. The van der Waals surface area contributed by atoms with E-state index in [1.165, 1.54) is 22.3 Å². The number of rotatable bonds is 4. The predicted octanol–water partition coefficient (Wildman–Crippen LogP) is 6.95. The second kappa shape index (κ2) is 11.0. The minimum Gasteiger partial charge on any atom is -0.0876 e. The highest BCUT2D eigenvalue weighted by Gasteiger charge is 1.91. The zero-order chi connectivity index (χ0) is 14.8. The van der Waals surface area contributed by atoms with Gasteiger partial charge in [0.1, 0.15) is 0 Å². The molecule has 0 aromatic heterocycles. The van der Waals surface area contributed by atoms with Crippen LogP contribution in [0.3, 0.4) is 0 Å². The number of alkyl halides is 4. The van der Waals surface area contributed by atoms with Crippen molar-refractivity contribution in [3.63, 3.8) is 0 Å². The number of hydrogen-bond acceptors (Lipinski definition) is 0. The van der Waals surface area contributed by atoms with E-state index < -0.39 is 0 Å². The maximum absolute atomic E-state index is 3.41. The van der Waals surface area contributed by atoms with E-state index in [9.17, 15) is 0 Å². The topological polar surface area (TPSA) is 0 Å². The first-order valence-corrected chi connectivity index (χ1v) is 10.6. The predicted molar refractivity (Wildman–Crippen MR) is 103 cm³/mol. The molecule has 2 aromatic carbocycles. The van der Waals surface area contributed by atoms with Crippen molar-refractivity contribution in [2.75, 3.05) is 0 Å². The largest absolute Gasteiger partial charge is 0.0876 e. The van der Waals surface area contributed by atoms with E-state index in [1.54, 1.807) is 0 Å². The Hall–Kier alpha value is 0.360. The fourth-order valence-corrected chi connectivity index (χ4v) is 2.99. The molecule has 0 radical (unpaired) electrons. The van der Waals surface area contributed by atoms with Gasteiger partial charge in [0.2, 0.25) is 0 Å². The van der Waals surface area contributed by atoms with Gasteiger partial charge in [-0.1, -0.05) is 112 Å². The second-order valence-corrected chi connectivity index (χ2v) is 6.42. The first kappa shape index (κ1) is 18.4. The molecule has 0 unspecified atom stereocenters. The van der Waals surface area contributed by atoms with Crippen LogP contribution in [-0.2, 0) is 21.3 Å². The summed E-state index contributed by atoms with van der Waals surface area (Å²) < 4.78 is 0. The molecule has 20 heavy (non-hydrogen) atoms. The molecule has 0 N–H and O–H groups in total. The van der Waals surface area contributed by atoms with Crippen LogP contribution < -0.4 is 0 Å². The molecule has 2 aromatic rings. The summed E-state index contributed by atoms with van der Waals surface area (Å²) in [6.45, 7) is 0. The molecule has 0 atom stereocenters. The molecule has 4 heteroatoms. The third kappa shape index (κ3) is 6.88. The molecule has 0 bridgehead atoms. The SMILES string of the molecule is BrCc1cccc(CBr)c1.BrCc1cccc(CBr)c1. The molecule has 0 amide bonds. The van der Waals surface area contributed by atoms with Crippen LogP contribution in [0, 0.1) is 0 Å². The smallest absolute Gasteiger partial charge is 0.0283 e. The molecule has 108 valence electrons. The molecule has 0 saturated carbocycles. The van der Waals surface area contributed by atoms with Gasteiger partial charge in [-0.05, 0) is 22.3 Å². The van der Waals surface area contributed by atoms with Gasteiger partial charge in [-0.25, -0.2) is 0 Å². The van der Waals surface area contributed by atoms with Crippen LogP contribution in [0.25, 0.3) is 0 Å². The van der Waals surface area contributed by atoms with Crippen LogP contribution in [0.2, 0.25) is 0 Å². The zero-order valence-electron chi connectivity index (χ0n) is 11.0. The van der Waals surface area contributed by atoms with Crippen molar-refractivity contribution >= 4 is 63.7 Å². The lowest BCUT2D eigenvalue weighted by molar-refractivity contribution is 1.35. The van der Waals surface area contributed by atoms with Gasteiger partial charge in [-0.15, -0.1) is 0 Å². The normalized spacial score (nSPS) is 9.80. The van der Waals surface area contributed by atoms with Crippen molar-refractivity contribution in [3.8, 4) is 0 Å².